The summed E-state index contributed by atoms with van der Waals surface area (Å²) in [7, 11) is 0. The Kier molecular flexibility index (Phi) is 3.13. The molecule has 0 aliphatic heterocycles. The smallest absolute Gasteiger partial charge is 0.0295 e. The lowest BCUT2D eigenvalue weighted by Crippen LogP contribution is -2.32. The Morgan fingerprint density at radius 1 is 0.647 bits per heavy atom. The molecule has 0 N–H and O–H groups in total. The molecule has 0 saturated heterocycles. The third-order valence-electron chi connectivity index (χ3n) is 5.80. The van der Waals surface area contributed by atoms with Gasteiger partial charge in [-0.2, -0.15) is 11.8 Å². The standard InChI is InChI=1S/C14H20Br2S/c15-11-7-1-3-9(5-7)13(11)17-14-10-4-2-8(6-10)12(14)16/h7-14H,1-6H2/t7-,8-,9-,10-,11-,12+,13-,14-/m0/s1. The number of hydrogen-bond donors (Lipinski definition) is 0. The predicted molar refractivity (Wildman–Crippen MR) is 82.3 cm³/mol. The molecule has 0 aromatic rings. The highest BCUT2D eigenvalue weighted by molar-refractivity contribution is 9.10. The Morgan fingerprint density at radius 3 is 1.41 bits per heavy atom. The van der Waals surface area contributed by atoms with Gasteiger partial charge in [0.2, 0.25) is 0 Å². The molecular formula is C14H20Br2S. The monoisotopic (exact) mass is 378 g/mol. The average Bonchev–Trinajstić information content (AvgIpc) is 3.05. The van der Waals surface area contributed by atoms with Crippen molar-refractivity contribution < 1.29 is 0 Å². The van der Waals surface area contributed by atoms with Gasteiger partial charge in [0, 0.05) is 20.2 Å². The van der Waals surface area contributed by atoms with Gasteiger partial charge in [0.05, 0.1) is 0 Å². The minimum atomic E-state index is 0.824. The Bertz CT molecular complexity index is 287. The maximum atomic E-state index is 4.01. The van der Waals surface area contributed by atoms with Crippen molar-refractivity contribution in [3.63, 3.8) is 0 Å². The first kappa shape index (κ1) is 12.1. The van der Waals surface area contributed by atoms with E-state index in [0.717, 1.165) is 43.8 Å². The Morgan fingerprint density at radius 2 is 1.06 bits per heavy atom. The van der Waals surface area contributed by atoms with Gasteiger partial charge in [-0.15, -0.1) is 0 Å². The molecule has 4 rings (SSSR count). The van der Waals surface area contributed by atoms with Crippen LogP contribution in [-0.4, -0.2) is 20.2 Å². The molecule has 0 amide bonds. The third-order valence-corrected chi connectivity index (χ3v) is 11.1. The molecule has 4 aliphatic carbocycles. The summed E-state index contributed by atoms with van der Waals surface area (Å²) in [6.45, 7) is 0. The van der Waals surface area contributed by atoms with Crippen molar-refractivity contribution >= 4 is 43.6 Å². The highest BCUT2D eigenvalue weighted by Gasteiger charge is 2.52. The van der Waals surface area contributed by atoms with Crippen molar-refractivity contribution in [2.75, 3.05) is 0 Å². The van der Waals surface area contributed by atoms with Gasteiger partial charge in [0.1, 0.15) is 0 Å². The first-order valence-corrected chi connectivity index (χ1v) is 9.95. The summed E-state index contributed by atoms with van der Waals surface area (Å²) >= 11 is 10.4. The molecule has 0 radical (unpaired) electrons. The van der Waals surface area contributed by atoms with Gasteiger partial charge in [0.15, 0.2) is 0 Å². The fourth-order valence-corrected chi connectivity index (χ4v) is 9.51. The van der Waals surface area contributed by atoms with Crippen LogP contribution in [0.5, 0.6) is 0 Å². The van der Waals surface area contributed by atoms with E-state index in [1.54, 1.807) is 0 Å². The molecule has 0 heterocycles. The first-order chi connectivity index (χ1) is 8.24. The molecule has 4 saturated carbocycles. The minimum absolute atomic E-state index is 0.824. The van der Waals surface area contributed by atoms with E-state index in [-0.39, 0.29) is 0 Å². The zero-order valence-corrected chi connectivity index (χ0v) is 14.0. The zero-order valence-electron chi connectivity index (χ0n) is 10.0. The van der Waals surface area contributed by atoms with Crippen LogP contribution >= 0.6 is 43.6 Å². The molecule has 0 nitrogen and oxygen atoms in total. The van der Waals surface area contributed by atoms with E-state index in [1.807, 2.05) is 0 Å². The van der Waals surface area contributed by atoms with E-state index in [1.165, 1.54) is 38.5 Å². The van der Waals surface area contributed by atoms with Crippen LogP contribution in [-0.2, 0) is 0 Å². The molecule has 4 aliphatic rings. The lowest BCUT2D eigenvalue weighted by Gasteiger charge is -2.34. The average molecular weight is 380 g/mol. The number of rotatable bonds is 2. The molecular weight excluding hydrogens is 360 g/mol. The van der Waals surface area contributed by atoms with Gasteiger partial charge >= 0.3 is 0 Å². The minimum Gasteiger partial charge on any atom is -0.152 e. The van der Waals surface area contributed by atoms with Crippen LogP contribution in [0.1, 0.15) is 38.5 Å². The summed E-state index contributed by atoms with van der Waals surface area (Å²) in [6.07, 6.45) is 9.04. The number of thioether (sulfide) groups is 1. The van der Waals surface area contributed by atoms with Crippen LogP contribution in [0.25, 0.3) is 0 Å². The van der Waals surface area contributed by atoms with Crippen molar-refractivity contribution in [1.29, 1.82) is 0 Å². The molecule has 0 aromatic carbocycles. The summed E-state index contributed by atoms with van der Waals surface area (Å²) in [5, 5.41) is 1.86. The molecule has 0 unspecified atom stereocenters. The Balaban J connectivity index is 1.47. The highest BCUT2D eigenvalue weighted by Crippen LogP contribution is 2.59. The lowest BCUT2D eigenvalue weighted by atomic mass is 9.99. The van der Waals surface area contributed by atoms with Crippen LogP contribution in [0.3, 0.4) is 0 Å². The topological polar surface area (TPSA) is 0 Å². The van der Waals surface area contributed by atoms with Gasteiger partial charge in [-0.25, -0.2) is 0 Å². The normalized spacial score (nSPS) is 60.4. The summed E-state index contributed by atoms with van der Waals surface area (Å²) in [5.74, 6) is 4.08. The molecule has 0 spiro atoms. The molecule has 0 aromatic heterocycles. The van der Waals surface area contributed by atoms with Crippen LogP contribution in [0.15, 0.2) is 0 Å². The van der Waals surface area contributed by atoms with Gasteiger partial charge in [-0.1, -0.05) is 31.9 Å². The van der Waals surface area contributed by atoms with Gasteiger partial charge in [-0.05, 0) is 62.2 Å². The SMILES string of the molecule is Br[C@@H]1[C@H]2CC[C@@H](C2)[C@@H]1S[C@H]1[C@H]2CC[C@@H](C2)[C@@H]1Br. The van der Waals surface area contributed by atoms with Gasteiger partial charge < -0.3 is 0 Å². The van der Waals surface area contributed by atoms with Crippen molar-refractivity contribution in [3.05, 3.63) is 0 Å². The second-order valence-electron chi connectivity index (χ2n) is 6.62. The van der Waals surface area contributed by atoms with Crippen LogP contribution < -0.4 is 0 Å². The molecule has 96 valence electrons. The second kappa shape index (κ2) is 4.41. The molecule has 8 atom stereocenters. The van der Waals surface area contributed by atoms with Crippen molar-refractivity contribution in [2.45, 2.75) is 58.7 Å². The second-order valence-corrected chi connectivity index (χ2v) is 10.1. The summed E-state index contributed by atoms with van der Waals surface area (Å²) in [6, 6.07) is 0. The van der Waals surface area contributed by atoms with Crippen LogP contribution in [0, 0.1) is 23.7 Å². The molecule has 17 heavy (non-hydrogen) atoms. The summed E-state index contributed by atoms with van der Waals surface area (Å²) in [5.41, 5.74) is 0. The summed E-state index contributed by atoms with van der Waals surface area (Å²) in [4.78, 5) is 1.65. The van der Waals surface area contributed by atoms with E-state index in [4.69, 9.17) is 0 Å². The number of alkyl halides is 2. The van der Waals surface area contributed by atoms with Gasteiger partial charge in [-0.3, -0.25) is 0 Å². The fourth-order valence-electron chi connectivity index (χ4n) is 4.89. The fraction of sp³-hybridized carbons (Fsp3) is 1.00. The van der Waals surface area contributed by atoms with Crippen molar-refractivity contribution in [3.8, 4) is 0 Å². The van der Waals surface area contributed by atoms with Crippen LogP contribution in [0.4, 0.5) is 0 Å². The zero-order chi connectivity index (χ0) is 11.6. The first-order valence-electron chi connectivity index (χ1n) is 7.17. The van der Waals surface area contributed by atoms with E-state index in [9.17, 15) is 0 Å². The van der Waals surface area contributed by atoms with Crippen molar-refractivity contribution in [2.24, 2.45) is 23.7 Å². The molecule has 4 fully saturated rings. The maximum absolute atomic E-state index is 4.01. The quantitative estimate of drug-likeness (QED) is 0.618. The number of hydrogen-bond acceptors (Lipinski definition) is 1. The van der Waals surface area contributed by atoms with Crippen LogP contribution in [0.2, 0.25) is 0 Å². The maximum Gasteiger partial charge on any atom is 0.0295 e. The third kappa shape index (κ3) is 1.81. The van der Waals surface area contributed by atoms with Crippen molar-refractivity contribution in [1.82, 2.24) is 0 Å². The highest BCUT2D eigenvalue weighted by atomic mass is 79.9. The van der Waals surface area contributed by atoms with E-state index in [0.29, 0.717) is 0 Å². The predicted octanol–water partition coefficient (Wildman–Crippen LogP) is 4.84. The van der Waals surface area contributed by atoms with E-state index >= 15 is 0 Å². The largest absolute Gasteiger partial charge is 0.152 e. The Labute approximate surface area is 125 Å². The van der Waals surface area contributed by atoms with Gasteiger partial charge in [0.25, 0.3) is 0 Å². The Hall–Kier alpha value is 1.31. The molecule has 3 heteroatoms. The lowest BCUT2D eigenvalue weighted by molar-refractivity contribution is 0.488. The summed E-state index contributed by atoms with van der Waals surface area (Å²) < 4.78 is 0. The van der Waals surface area contributed by atoms with E-state index in [2.05, 4.69) is 43.6 Å². The number of halogens is 2. The van der Waals surface area contributed by atoms with E-state index < -0.39 is 0 Å². The number of fused-ring (bicyclic) bond motifs is 4. The molecule has 4 bridgehead atoms.